The van der Waals surface area contributed by atoms with Crippen LogP contribution in [0.15, 0.2) is 85.2 Å². The van der Waals surface area contributed by atoms with Crippen LogP contribution >= 0.6 is 0 Å². The number of aromatic nitrogens is 2. The second-order valence-corrected chi connectivity index (χ2v) is 9.09. The fourth-order valence-electron chi connectivity index (χ4n) is 5.01. The number of imide groups is 1. The van der Waals surface area contributed by atoms with Crippen molar-refractivity contribution in [1.29, 1.82) is 0 Å². The summed E-state index contributed by atoms with van der Waals surface area (Å²) in [5.41, 5.74) is 4.97. The first-order valence-electron chi connectivity index (χ1n) is 12.0. The zero-order valence-corrected chi connectivity index (χ0v) is 19.6. The maximum Gasteiger partial charge on any atom is 0.266 e. The van der Waals surface area contributed by atoms with Crippen LogP contribution in [0, 0.1) is 0 Å². The monoisotopic (exact) mass is 476 g/mol. The summed E-state index contributed by atoms with van der Waals surface area (Å²) in [6, 6.07) is 23.9. The number of hydrogen-bond acceptors (Lipinski definition) is 4. The number of nitrogens with zero attached hydrogens (tertiary/aromatic N) is 4. The predicted octanol–water partition coefficient (Wildman–Crippen LogP) is 4.12. The van der Waals surface area contributed by atoms with Crippen LogP contribution in [0.3, 0.4) is 0 Å². The second-order valence-electron chi connectivity index (χ2n) is 9.09. The van der Waals surface area contributed by atoms with Gasteiger partial charge in [0.05, 0.1) is 35.4 Å². The molecule has 0 fully saturated rings. The van der Waals surface area contributed by atoms with E-state index < -0.39 is 0 Å². The van der Waals surface area contributed by atoms with Crippen LogP contribution in [-0.2, 0) is 25.9 Å². The van der Waals surface area contributed by atoms with Crippen LogP contribution in [0.4, 0.5) is 5.69 Å². The van der Waals surface area contributed by atoms with Crippen molar-refractivity contribution >= 4 is 23.4 Å². The average molecular weight is 477 g/mol. The van der Waals surface area contributed by atoms with E-state index in [2.05, 4.69) is 21.7 Å². The molecule has 7 heteroatoms. The highest BCUT2D eigenvalue weighted by Gasteiger charge is 2.36. The van der Waals surface area contributed by atoms with Crippen LogP contribution in [0.2, 0.25) is 0 Å². The summed E-state index contributed by atoms with van der Waals surface area (Å²) < 4.78 is 2.19. The van der Waals surface area contributed by atoms with Gasteiger partial charge in [-0.1, -0.05) is 48.5 Å². The SMILES string of the molecule is O=C(c1cccc(N2C(=O)c3ccccc3C2=O)c1)N1CCc2c(ncn2CCc2ccccc2)C1. The number of benzene rings is 3. The maximum atomic E-state index is 13.4. The molecule has 178 valence electrons. The lowest BCUT2D eigenvalue weighted by atomic mass is 10.1. The molecule has 0 atom stereocenters. The van der Waals surface area contributed by atoms with Crippen molar-refractivity contribution in [3.63, 3.8) is 0 Å². The van der Waals surface area contributed by atoms with Gasteiger partial charge in [-0.15, -0.1) is 0 Å². The number of carbonyl (C=O) groups excluding carboxylic acids is 3. The maximum absolute atomic E-state index is 13.4. The summed E-state index contributed by atoms with van der Waals surface area (Å²) in [5, 5.41) is 0. The molecule has 3 amide bonds. The lowest BCUT2D eigenvalue weighted by molar-refractivity contribution is 0.0730. The summed E-state index contributed by atoms with van der Waals surface area (Å²) in [7, 11) is 0. The minimum atomic E-state index is -0.371. The van der Waals surface area contributed by atoms with Crippen LogP contribution in [0.1, 0.15) is 48.0 Å². The summed E-state index contributed by atoms with van der Waals surface area (Å²) in [6.07, 6.45) is 3.52. The zero-order chi connectivity index (χ0) is 24.6. The molecule has 6 rings (SSSR count). The van der Waals surface area contributed by atoms with Gasteiger partial charge in [0.2, 0.25) is 0 Å². The first-order chi connectivity index (χ1) is 17.6. The molecule has 0 spiro atoms. The van der Waals surface area contributed by atoms with Gasteiger partial charge in [-0.3, -0.25) is 14.4 Å². The summed E-state index contributed by atoms with van der Waals surface area (Å²) in [6.45, 7) is 1.87. The van der Waals surface area contributed by atoms with Crippen LogP contribution < -0.4 is 4.90 Å². The number of anilines is 1. The molecule has 0 aliphatic carbocycles. The summed E-state index contributed by atoms with van der Waals surface area (Å²) in [5.74, 6) is -0.884. The summed E-state index contributed by atoms with van der Waals surface area (Å²) >= 11 is 0. The van der Waals surface area contributed by atoms with E-state index in [9.17, 15) is 14.4 Å². The normalized spacial score (nSPS) is 14.7. The Bertz CT molecular complexity index is 1460. The number of fused-ring (bicyclic) bond motifs is 2. The Balaban J connectivity index is 1.18. The van der Waals surface area contributed by atoms with E-state index in [1.54, 1.807) is 53.4 Å². The molecule has 0 unspecified atom stereocenters. The van der Waals surface area contributed by atoms with E-state index in [4.69, 9.17) is 0 Å². The highest BCUT2D eigenvalue weighted by Crippen LogP contribution is 2.29. The van der Waals surface area contributed by atoms with Crippen molar-refractivity contribution in [2.24, 2.45) is 0 Å². The molecule has 7 nitrogen and oxygen atoms in total. The number of hydrogen-bond donors (Lipinski definition) is 0. The van der Waals surface area contributed by atoms with Crippen LogP contribution in [0.5, 0.6) is 0 Å². The highest BCUT2D eigenvalue weighted by atomic mass is 16.2. The molecule has 0 saturated heterocycles. The van der Waals surface area contributed by atoms with Gasteiger partial charge in [0.15, 0.2) is 0 Å². The Kier molecular flexibility index (Phi) is 5.45. The van der Waals surface area contributed by atoms with E-state index in [-0.39, 0.29) is 17.7 Å². The van der Waals surface area contributed by atoms with Gasteiger partial charge in [0, 0.05) is 30.8 Å². The number of amides is 3. The largest absolute Gasteiger partial charge is 0.334 e. The third-order valence-electron chi connectivity index (χ3n) is 6.91. The van der Waals surface area contributed by atoms with Crippen molar-refractivity contribution in [2.75, 3.05) is 11.4 Å². The number of rotatable bonds is 5. The molecule has 3 aromatic carbocycles. The first-order valence-corrected chi connectivity index (χ1v) is 12.0. The first kappa shape index (κ1) is 22.0. The minimum absolute atomic E-state index is 0.141. The fourth-order valence-corrected chi connectivity index (χ4v) is 5.01. The van der Waals surface area contributed by atoms with Crippen molar-refractivity contribution in [1.82, 2.24) is 14.5 Å². The molecule has 36 heavy (non-hydrogen) atoms. The Morgan fingerprint density at radius 2 is 1.58 bits per heavy atom. The Labute approximate surface area is 208 Å². The lowest BCUT2D eigenvalue weighted by Gasteiger charge is -2.27. The van der Waals surface area contributed by atoms with E-state index in [1.807, 2.05) is 24.5 Å². The smallest absolute Gasteiger partial charge is 0.266 e. The quantitative estimate of drug-likeness (QED) is 0.406. The molecule has 0 saturated carbocycles. The van der Waals surface area contributed by atoms with E-state index in [0.29, 0.717) is 35.5 Å². The Hall–Kier alpha value is -4.52. The van der Waals surface area contributed by atoms with Gasteiger partial charge in [-0.25, -0.2) is 9.88 Å². The standard InChI is InChI=1S/C29H24N4O3/c34-27(21-9-6-10-22(17-21)33-28(35)23-11-4-5-12-24(23)29(33)36)31-16-14-26-25(18-31)30-19-32(26)15-13-20-7-2-1-3-8-20/h1-12,17,19H,13-16,18H2. The molecule has 2 aliphatic heterocycles. The molecule has 1 aromatic heterocycles. The van der Waals surface area contributed by atoms with E-state index in [0.717, 1.165) is 30.0 Å². The molecular formula is C29H24N4O3. The average Bonchev–Trinajstić information content (AvgIpc) is 3.45. The Morgan fingerprint density at radius 1 is 0.861 bits per heavy atom. The summed E-state index contributed by atoms with van der Waals surface area (Å²) in [4.78, 5) is 46.6. The van der Waals surface area contributed by atoms with Gasteiger partial charge < -0.3 is 9.47 Å². The molecule has 4 aromatic rings. The molecular weight excluding hydrogens is 452 g/mol. The second kappa shape index (κ2) is 8.92. The van der Waals surface area contributed by atoms with E-state index in [1.165, 1.54) is 11.3 Å². The van der Waals surface area contributed by atoms with Crippen molar-refractivity contribution in [3.8, 4) is 0 Å². The van der Waals surface area contributed by atoms with Gasteiger partial charge in [0.1, 0.15) is 0 Å². The molecule has 3 heterocycles. The van der Waals surface area contributed by atoms with Gasteiger partial charge in [-0.05, 0) is 42.3 Å². The third kappa shape index (κ3) is 3.79. The molecule has 0 N–H and O–H groups in total. The Morgan fingerprint density at radius 3 is 2.33 bits per heavy atom. The molecule has 0 bridgehead atoms. The number of carbonyl (C=O) groups is 3. The predicted molar refractivity (Wildman–Crippen MR) is 135 cm³/mol. The molecule has 0 radical (unpaired) electrons. The van der Waals surface area contributed by atoms with E-state index >= 15 is 0 Å². The fraction of sp³-hybridized carbons (Fsp3) is 0.172. The third-order valence-corrected chi connectivity index (χ3v) is 6.91. The zero-order valence-electron chi connectivity index (χ0n) is 19.6. The highest BCUT2D eigenvalue weighted by molar-refractivity contribution is 6.34. The van der Waals surface area contributed by atoms with Crippen molar-refractivity contribution in [2.45, 2.75) is 25.9 Å². The lowest BCUT2D eigenvalue weighted by Crippen LogP contribution is -2.37. The topological polar surface area (TPSA) is 75.5 Å². The van der Waals surface area contributed by atoms with Crippen LogP contribution in [-0.4, -0.2) is 38.7 Å². The minimum Gasteiger partial charge on any atom is -0.334 e. The van der Waals surface area contributed by atoms with Gasteiger partial charge in [0.25, 0.3) is 17.7 Å². The number of imidazole rings is 1. The molecule has 2 aliphatic rings. The van der Waals surface area contributed by atoms with Crippen molar-refractivity contribution < 1.29 is 14.4 Å². The van der Waals surface area contributed by atoms with Crippen LogP contribution in [0.25, 0.3) is 0 Å². The van der Waals surface area contributed by atoms with Gasteiger partial charge >= 0.3 is 0 Å². The van der Waals surface area contributed by atoms with Crippen molar-refractivity contribution in [3.05, 3.63) is 119 Å². The van der Waals surface area contributed by atoms with Gasteiger partial charge in [-0.2, -0.15) is 0 Å². The number of aryl methyl sites for hydroxylation is 2.